The van der Waals surface area contributed by atoms with Gasteiger partial charge in [-0.3, -0.25) is 0 Å². The monoisotopic (exact) mass is 2210 g/mol. The zero-order valence-corrected chi connectivity index (χ0v) is 91.9. The fourth-order valence-electron chi connectivity index (χ4n) is 15.0. The van der Waals surface area contributed by atoms with E-state index in [1.807, 2.05) is 150 Å². The Morgan fingerprint density at radius 3 is 1.10 bits per heavy atom. The molecule has 0 saturated heterocycles. The topological polar surface area (TPSA) is 583 Å². The molecule has 36 nitrogen and oxygen atoms in total. The van der Waals surface area contributed by atoms with E-state index < -0.39 is 69.2 Å². The molecular weight excluding hydrogens is 2100 g/mol. The highest BCUT2D eigenvalue weighted by molar-refractivity contribution is 7.93. The third-order valence-corrected chi connectivity index (χ3v) is 34.6. The van der Waals surface area contributed by atoms with Crippen LogP contribution in [-0.2, 0) is 88.5 Å². The van der Waals surface area contributed by atoms with Gasteiger partial charge in [-0.25, -0.2) is 103 Å². The summed E-state index contributed by atoms with van der Waals surface area (Å²) in [5.74, 6) is 3.02. The first kappa shape index (κ1) is 116. The maximum absolute atomic E-state index is 12.6. The lowest BCUT2D eigenvalue weighted by Gasteiger charge is -2.12. The van der Waals surface area contributed by atoms with Crippen molar-refractivity contribution in [3.05, 3.63) is 301 Å². The van der Waals surface area contributed by atoms with Crippen LogP contribution in [0.3, 0.4) is 0 Å². The molecular formula is C103H118Cl2N22O14S8. The normalized spacial score (nSPS) is 11.7. The van der Waals surface area contributed by atoms with E-state index in [1.54, 1.807) is 47.7 Å². The molecule has 0 radical (unpaired) electrons. The minimum atomic E-state index is -3.98. The van der Waals surface area contributed by atoms with Crippen LogP contribution < -0.4 is 59.4 Å². The molecule has 0 aliphatic rings. The van der Waals surface area contributed by atoms with E-state index >= 15 is 0 Å². The van der Waals surface area contributed by atoms with Gasteiger partial charge in [-0.15, -0.1) is 11.3 Å². The van der Waals surface area contributed by atoms with Crippen molar-refractivity contribution in [2.75, 3.05) is 120 Å². The number of nitrogens with two attached hydrogens (primary N) is 5. The molecule has 0 saturated carbocycles. The summed E-state index contributed by atoms with van der Waals surface area (Å²) in [6.07, 6.45) is 8.97. The van der Waals surface area contributed by atoms with Crippen molar-refractivity contribution < 1.29 is 58.9 Å². The number of anilines is 9. The van der Waals surface area contributed by atoms with E-state index in [4.69, 9.17) is 51.9 Å². The summed E-state index contributed by atoms with van der Waals surface area (Å²) >= 11 is 14.0. The van der Waals surface area contributed by atoms with Gasteiger partial charge in [0.2, 0.25) is 49.8 Å². The standard InChI is InChI=1S/C22H27N5O4S2.C22H26N4O4S2.C22H25N3O2S.C21H25N5O4S2.C16H15Cl2N5S/c1-15-8-6-9-17(16(15)2)18-14-21(27-22(23)26-18)24-12-7-13-25-33(30,31)20-11-5-4-10-19(20)32(3,28)29;1-15-6-4-7-19(16(15)2)20-14-21(26-22(23)25-20)24-12-5-13-32(29,30)18-10-8-17(9-11-18)31(3,27)28;1-15-6-4-9-20(16(15)2)21-14-18(24-22(23)25-21)8-5-7-17-10-12-19(13-11-17)28(3,26)27;1-15-6-3-4-7-18(15)19-14-20(26-21(22)25-19)23-12-5-13-24-32(29,30)17-10-8-16(9-11-17)31(2,27)28;1-9-13(24-8-21-9)5-6-20-14-7-12(22-16(19)23-14)10-3-2-4-11(17)15(10)18/h4-6,8-11,14,25H,7,12-13H2,1-3H3,(H3,23,24,26,27);4,6-11,14H,5,12-13H2,1-3H3,(H3,23,24,25,26);4,6,9-14H,5,7-8H2,1-3H3,(H2,23,24,25);3-4,6-11,14,24H,5,12-13H2,1-2H3,(H3,22,23,25,26);2-4,7-8H,5-6H2,1H3,(H3,19,20,22,23). The molecule has 0 spiro atoms. The molecule has 786 valence electrons. The molecule has 46 heteroatoms. The summed E-state index contributed by atoms with van der Waals surface area (Å²) in [7, 11) is -24.9. The quantitative estimate of drug-likeness (QED) is 0.0161. The fraction of sp³-hybridized carbons (Fsp3) is 0.252. The molecule has 0 fully saturated rings. The number of nitrogen functional groups attached to an aromatic ring is 5. The van der Waals surface area contributed by atoms with Crippen molar-refractivity contribution in [3.63, 3.8) is 0 Å². The zero-order valence-electron chi connectivity index (χ0n) is 83.9. The first-order chi connectivity index (χ1) is 70.3. The smallest absolute Gasteiger partial charge is 0.241 e. The summed E-state index contributed by atoms with van der Waals surface area (Å²) in [4.78, 5) is 48.4. The summed E-state index contributed by atoms with van der Waals surface area (Å²) < 4.78 is 173. The number of thiazole rings is 1. The molecule has 9 aromatic carbocycles. The second-order valence-corrected chi connectivity index (χ2v) is 50.1. The Morgan fingerprint density at radius 1 is 0.309 bits per heavy atom. The zero-order chi connectivity index (χ0) is 109. The molecule has 0 unspecified atom stereocenters. The van der Waals surface area contributed by atoms with Gasteiger partial charge in [0.1, 0.15) is 28.2 Å². The van der Waals surface area contributed by atoms with Gasteiger partial charge in [-0.05, 0) is 223 Å². The molecule has 0 amide bonds. The molecule has 6 heterocycles. The number of hydrogen-bond donors (Lipinski definition) is 11. The summed E-state index contributed by atoms with van der Waals surface area (Å²) in [5, 5.41) is 13.6. The summed E-state index contributed by atoms with van der Waals surface area (Å²) in [6, 6.07) is 63.4. The number of aromatic nitrogens is 11. The minimum Gasteiger partial charge on any atom is -0.370 e. The number of benzene rings is 9. The van der Waals surface area contributed by atoms with Gasteiger partial charge in [0.15, 0.2) is 49.2 Å². The molecule has 0 bridgehead atoms. The molecule has 16 N–H and O–H groups in total. The Bertz CT molecular complexity index is 8180. The van der Waals surface area contributed by atoms with Gasteiger partial charge in [-0.1, -0.05) is 138 Å². The number of sulfonamides is 2. The van der Waals surface area contributed by atoms with Gasteiger partial charge in [0.25, 0.3) is 0 Å². The Kier molecular flexibility index (Phi) is 40.0. The van der Waals surface area contributed by atoms with Crippen LogP contribution in [-0.4, -0.2) is 184 Å². The maximum Gasteiger partial charge on any atom is 0.241 e. The van der Waals surface area contributed by atoms with Gasteiger partial charge in [0, 0.05) is 133 Å². The molecule has 15 rings (SSSR count). The Labute approximate surface area is 884 Å². The third kappa shape index (κ3) is 33.7. The largest absolute Gasteiger partial charge is 0.370 e. The van der Waals surface area contributed by atoms with E-state index in [0.717, 1.165) is 129 Å². The molecule has 149 heavy (non-hydrogen) atoms. The number of hydrogen-bond acceptors (Lipinski definition) is 35. The first-order valence-electron chi connectivity index (χ1n) is 46.5. The Hall–Kier alpha value is -13.6. The van der Waals surface area contributed by atoms with Crippen LogP contribution in [0, 0.1) is 55.4 Å². The lowest BCUT2D eigenvalue weighted by molar-refractivity contribution is 0.573. The highest BCUT2D eigenvalue weighted by Gasteiger charge is 2.26. The van der Waals surface area contributed by atoms with Crippen LogP contribution >= 0.6 is 34.5 Å². The fourth-order valence-corrected chi connectivity index (χ4v) is 23.1. The van der Waals surface area contributed by atoms with Crippen LogP contribution in [0.25, 0.3) is 56.3 Å². The van der Waals surface area contributed by atoms with Crippen molar-refractivity contribution in [2.24, 2.45) is 0 Å². The van der Waals surface area contributed by atoms with Crippen LogP contribution in [0.2, 0.25) is 10.0 Å². The molecule has 0 atom stereocenters. The number of nitrogens with zero attached hydrogens (tertiary/aromatic N) is 11. The van der Waals surface area contributed by atoms with Crippen LogP contribution in [0.15, 0.2) is 264 Å². The van der Waals surface area contributed by atoms with Crippen molar-refractivity contribution in [2.45, 2.75) is 135 Å². The number of aryl methyl sites for hydroxylation is 7. The number of halogens is 2. The first-order valence-corrected chi connectivity index (χ1v) is 60.3. The van der Waals surface area contributed by atoms with Gasteiger partial charge >= 0.3 is 0 Å². The lowest BCUT2D eigenvalue weighted by atomic mass is 10.00. The summed E-state index contributed by atoms with van der Waals surface area (Å²) in [5.41, 5.74) is 50.5. The van der Waals surface area contributed by atoms with Gasteiger partial charge in [-0.2, -0.15) is 19.9 Å². The molecule has 0 aliphatic heterocycles. The van der Waals surface area contributed by atoms with E-state index in [2.05, 4.69) is 112 Å². The minimum absolute atomic E-state index is 0.00399. The SMILES string of the molecule is Cc1cccc(-c2cc(CCCc3ccc(S(C)(=O)=O)cc3)nc(N)n2)c1C.Cc1cccc(-c2cc(NCCCNS(=O)(=O)c3ccccc3S(C)(=O)=O)nc(N)n2)c1C.Cc1cccc(-c2cc(NCCCS(=O)(=O)c3ccc(S(C)(=O)=O)cc3)nc(N)n2)c1C.Cc1ccccc1-c1cc(NCCCNS(=O)(=O)c2ccc(S(C)(=O)=O)cc2)nc(N)n1.Cc1ncsc1CCNc1cc(-c2cccc(Cl)c2Cl)nc(N)n1. The molecule has 0 aliphatic carbocycles. The number of nitrogens with one attached hydrogen (secondary N) is 6. The maximum atomic E-state index is 12.6. The average Bonchev–Trinajstić information content (AvgIpc) is 0.946. The average molecular weight is 2220 g/mol. The lowest BCUT2D eigenvalue weighted by Crippen LogP contribution is -2.27. The van der Waals surface area contributed by atoms with E-state index in [1.165, 1.54) is 95.1 Å². The van der Waals surface area contributed by atoms with E-state index in [0.29, 0.717) is 99.9 Å². The third-order valence-electron chi connectivity index (χ3n) is 23.3. The Balaban J connectivity index is 0.000000177. The second kappa shape index (κ2) is 51.5. The van der Waals surface area contributed by atoms with Crippen molar-refractivity contribution >= 4 is 157 Å². The molecule has 15 aromatic rings. The number of sulfone groups is 5. The summed E-state index contributed by atoms with van der Waals surface area (Å²) in [6.45, 7) is 18.5. The van der Waals surface area contributed by atoms with Crippen LogP contribution in [0.4, 0.5) is 53.0 Å². The molecule has 6 aromatic heterocycles. The highest BCUT2D eigenvalue weighted by atomic mass is 35.5. The van der Waals surface area contributed by atoms with Gasteiger partial charge in [0.05, 0.1) is 84.8 Å². The second-order valence-electron chi connectivity index (χ2n) is 34.7. The predicted molar refractivity (Wildman–Crippen MR) is 594 cm³/mol. The van der Waals surface area contributed by atoms with E-state index in [9.17, 15) is 58.9 Å². The van der Waals surface area contributed by atoms with Crippen molar-refractivity contribution in [3.8, 4) is 56.3 Å². The van der Waals surface area contributed by atoms with E-state index in [-0.39, 0.29) is 78.0 Å². The van der Waals surface area contributed by atoms with Crippen LogP contribution in [0.1, 0.15) is 86.5 Å². The Morgan fingerprint density at radius 2 is 0.664 bits per heavy atom. The van der Waals surface area contributed by atoms with Crippen LogP contribution in [0.5, 0.6) is 0 Å². The highest BCUT2D eigenvalue weighted by Crippen LogP contribution is 2.36. The number of rotatable bonds is 37. The van der Waals surface area contributed by atoms with Gasteiger partial charge < -0.3 is 49.9 Å². The predicted octanol–water partition coefficient (Wildman–Crippen LogP) is 16.1. The van der Waals surface area contributed by atoms with Crippen molar-refractivity contribution in [1.82, 2.24) is 64.3 Å². The van der Waals surface area contributed by atoms with Crippen molar-refractivity contribution in [1.29, 1.82) is 0 Å².